The van der Waals surface area contributed by atoms with Crippen molar-refractivity contribution in [2.45, 2.75) is 39.8 Å². The van der Waals surface area contributed by atoms with E-state index in [0.29, 0.717) is 17.0 Å². The standard InChI is InChI=1S/C28H28N2O5/c1-15(31)16-6-9-18(10-7-16)29-26(33)22-21-12-8-17-14-19(35-5)11-13-20(17)30(21)24(23(22)27(29)34)25(32)28(2,3)4/h6-14,21-24H,1-5H3. The zero-order valence-corrected chi connectivity index (χ0v) is 20.4. The number of hydrogen-bond donors (Lipinski definition) is 0. The van der Waals surface area contributed by atoms with Crippen LogP contribution in [0.25, 0.3) is 6.08 Å². The first-order chi connectivity index (χ1) is 16.5. The third-order valence-corrected chi connectivity index (χ3v) is 7.25. The molecule has 7 nitrogen and oxygen atoms in total. The van der Waals surface area contributed by atoms with Gasteiger partial charge in [0.1, 0.15) is 11.8 Å². The molecule has 2 aromatic carbocycles. The molecule has 2 saturated heterocycles. The Hall–Kier alpha value is -3.74. The number of ether oxygens (including phenoxy) is 1. The van der Waals surface area contributed by atoms with Gasteiger partial charge in [0, 0.05) is 22.2 Å². The quantitative estimate of drug-likeness (QED) is 0.496. The van der Waals surface area contributed by atoms with Crippen molar-refractivity contribution in [2.75, 3.05) is 16.9 Å². The first-order valence-corrected chi connectivity index (χ1v) is 11.7. The van der Waals surface area contributed by atoms with Gasteiger partial charge in [-0.05, 0) is 49.4 Å². The summed E-state index contributed by atoms with van der Waals surface area (Å²) in [7, 11) is 1.60. The lowest BCUT2D eigenvalue weighted by Gasteiger charge is -2.38. The molecule has 0 N–H and O–H groups in total. The van der Waals surface area contributed by atoms with Gasteiger partial charge in [-0.15, -0.1) is 0 Å². The summed E-state index contributed by atoms with van der Waals surface area (Å²) in [6.45, 7) is 6.98. The van der Waals surface area contributed by atoms with E-state index in [9.17, 15) is 19.2 Å². The van der Waals surface area contributed by atoms with Gasteiger partial charge in [-0.1, -0.05) is 32.9 Å². The molecule has 7 heteroatoms. The summed E-state index contributed by atoms with van der Waals surface area (Å²) in [6, 6.07) is 10.9. The highest BCUT2D eigenvalue weighted by Crippen LogP contribution is 2.50. The van der Waals surface area contributed by atoms with E-state index < -0.39 is 29.3 Å². The number of nitrogens with zero attached hydrogens (tertiary/aromatic N) is 2. The van der Waals surface area contributed by atoms with E-state index >= 15 is 0 Å². The Labute approximate surface area is 204 Å². The topological polar surface area (TPSA) is 84.0 Å². The van der Waals surface area contributed by atoms with Crippen LogP contribution in [0.4, 0.5) is 11.4 Å². The molecule has 2 fully saturated rings. The smallest absolute Gasteiger partial charge is 0.240 e. The molecule has 2 amide bonds. The second-order valence-corrected chi connectivity index (χ2v) is 10.4. The number of amides is 2. The number of rotatable bonds is 4. The lowest BCUT2D eigenvalue weighted by Crippen LogP contribution is -2.51. The van der Waals surface area contributed by atoms with E-state index in [4.69, 9.17) is 4.74 Å². The van der Waals surface area contributed by atoms with Crippen LogP contribution in [0.3, 0.4) is 0 Å². The summed E-state index contributed by atoms with van der Waals surface area (Å²) < 4.78 is 5.36. The van der Waals surface area contributed by atoms with E-state index in [1.54, 1.807) is 31.4 Å². The number of imide groups is 1. The molecule has 3 heterocycles. The van der Waals surface area contributed by atoms with Crippen LogP contribution in [-0.2, 0) is 14.4 Å². The van der Waals surface area contributed by atoms with E-state index in [1.807, 2.05) is 56.0 Å². The molecular formula is C28H28N2O5. The molecule has 0 spiro atoms. The molecule has 180 valence electrons. The van der Waals surface area contributed by atoms with E-state index in [2.05, 4.69) is 0 Å². The fourth-order valence-corrected chi connectivity index (χ4v) is 5.52. The minimum absolute atomic E-state index is 0.0815. The number of fused-ring (bicyclic) bond motifs is 5. The molecule has 35 heavy (non-hydrogen) atoms. The highest BCUT2D eigenvalue weighted by Gasteiger charge is 2.65. The Morgan fingerprint density at radius 2 is 1.60 bits per heavy atom. The summed E-state index contributed by atoms with van der Waals surface area (Å²) >= 11 is 0. The van der Waals surface area contributed by atoms with E-state index in [-0.39, 0.29) is 23.4 Å². The van der Waals surface area contributed by atoms with Gasteiger partial charge >= 0.3 is 0 Å². The predicted octanol–water partition coefficient (Wildman–Crippen LogP) is 3.90. The molecule has 0 saturated carbocycles. The second-order valence-electron chi connectivity index (χ2n) is 10.4. The molecule has 5 rings (SSSR count). The van der Waals surface area contributed by atoms with Gasteiger partial charge in [-0.2, -0.15) is 0 Å². The summed E-state index contributed by atoms with van der Waals surface area (Å²) in [5.41, 5.74) is 1.90. The molecular weight excluding hydrogens is 444 g/mol. The van der Waals surface area contributed by atoms with Gasteiger partial charge < -0.3 is 9.64 Å². The number of benzene rings is 2. The zero-order valence-electron chi connectivity index (χ0n) is 20.4. The number of ketones is 2. The van der Waals surface area contributed by atoms with Crippen LogP contribution in [0.1, 0.15) is 43.6 Å². The van der Waals surface area contributed by atoms with E-state index in [0.717, 1.165) is 11.3 Å². The molecule has 2 aromatic rings. The van der Waals surface area contributed by atoms with Gasteiger partial charge in [-0.25, -0.2) is 4.90 Å². The molecule has 4 unspecified atom stereocenters. The Morgan fingerprint density at radius 3 is 2.20 bits per heavy atom. The molecule has 0 aliphatic carbocycles. The first kappa shape index (κ1) is 23.0. The minimum atomic E-state index is -0.801. The summed E-state index contributed by atoms with van der Waals surface area (Å²) in [5.74, 6) is -1.67. The van der Waals surface area contributed by atoms with Crippen molar-refractivity contribution in [1.82, 2.24) is 0 Å². The molecule has 4 atom stereocenters. The maximum atomic E-state index is 13.8. The Kier molecular flexibility index (Phi) is 5.20. The SMILES string of the molecule is COc1ccc2c(c1)C=CC1C3C(=O)N(c4ccc(C(C)=O)cc4)C(=O)C3C(C(=O)C(C)(C)C)N21. The summed E-state index contributed by atoms with van der Waals surface area (Å²) in [5, 5.41) is 0. The van der Waals surface area contributed by atoms with Crippen LogP contribution < -0.4 is 14.5 Å². The molecule has 3 aliphatic rings. The van der Waals surface area contributed by atoms with Crippen molar-refractivity contribution in [3.8, 4) is 5.75 Å². The highest BCUT2D eigenvalue weighted by molar-refractivity contribution is 6.25. The Bertz CT molecular complexity index is 1290. The minimum Gasteiger partial charge on any atom is -0.497 e. The van der Waals surface area contributed by atoms with Crippen molar-refractivity contribution in [3.05, 3.63) is 59.7 Å². The molecule has 0 aromatic heterocycles. The van der Waals surface area contributed by atoms with Crippen molar-refractivity contribution >= 4 is 40.8 Å². The van der Waals surface area contributed by atoms with Gasteiger partial charge in [0.25, 0.3) is 0 Å². The lowest BCUT2D eigenvalue weighted by molar-refractivity contribution is -0.132. The molecule has 3 aliphatic heterocycles. The van der Waals surface area contributed by atoms with Crippen LogP contribution in [0.15, 0.2) is 48.5 Å². The largest absolute Gasteiger partial charge is 0.497 e. The first-order valence-electron chi connectivity index (χ1n) is 11.7. The zero-order chi connectivity index (χ0) is 25.2. The summed E-state index contributed by atoms with van der Waals surface area (Å²) in [4.78, 5) is 56.2. The fraction of sp³-hybridized carbons (Fsp3) is 0.357. The predicted molar refractivity (Wildman–Crippen MR) is 132 cm³/mol. The van der Waals surface area contributed by atoms with Crippen molar-refractivity contribution in [1.29, 1.82) is 0 Å². The maximum absolute atomic E-state index is 13.8. The highest BCUT2D eigenvalue weighted by atomic mass is 16.5. The number of carbonyl (C=O) groups excluding carboxylic acids is 4. The van der Waals surface area contributed by atoms with Crippen LogP contribution >= 0.6 is 0 Å². The monoisotopic (exact) mass is 472 g/mol. The van der Waals surface area contributed by atoms with Gasteiger partial charge in [0.2, 0.25) is 11.8 Å². The van der Waals surface area contributed by atoms with Gasteiger partial charge in [-0.3, -0.25) is 19.2 Å². The average molecular weight is 473 g/mol. The van der Waals surface area contributed by atoms with Crippen LogP contribution in [0.2, 0.25) is 0 Å². The second kappa shape index (κ2) is 7.90. The Balaban J connectivity index is 1.61. The average Bonchev–Trinajstić information content (AvgIpc) is 3.30. The fourth-order valence-electron chi connectivity index (χ4n) is 5.52. The van der Waals surface area contributed by atoms with Gasteiger partial charge in [0.15, 0.2) is 11.6 Å². The Morgan fingerprint density at radius 1 is 0.943 bits per heavy atom. The summed E-state index contributed by atoms with van der Waals surface area (Å²) in [6.07, 6.45) is 3.85. The molecule has 0 bridgehead atoms. The lowest BCUT2D eigenvalue weighted by atomic mass is 9.79. The van der Waals surface area contributed by atoms with E-state index in [1.165, 1.54) is 11.8 Å². The third kappa shape index (κ3) is 3.40. The van der Waals surface area contributed by atoms with Gasteiger partial charge in [0.05, 0.1) is 30.7 Å². The number of Topliss-reactive ketones (excluding diaryl/α,β-unsaturated/α-hetero) is 2. The van der Waals surface area contributed by atoms with Crippen molar-refractivity contribution in [3.63, 3.8) is 0 Å². The van der Waals surface area contributed by atoms with Crippen LogP contribution in [-0.4, -0.2) is 42.6 Å². The number of carbonyl (C=O) groups is 4. The normalized spacial score (nSPS) is 24.8. The number of hydrogen-bond acceptors (Lipinski definition) is 6. The van der Waals surface area contributed by atoms with Crippen molar-refractivity contribution in [2.24, 2.45) is 17.3 Å². The number of anilines is 2. The molecule has 0 radical (unpaired) electrons. The third-order valence-electron chi connectivity index (χ3n) is 7.25. The van der Waals surface area contributed by atoms with Crippen molar-refractivity contribution < 1.29 is 23.9 Å². The van der Waals surface area contributed by atoms with Crippen LogP contribution in [0.5, 0.6) is 5.75 Å². The maximum Gasteiger partial charge on any atom is 0.240 e. The van der Waals surface area contributed by atoms with Crippen LogP contribution in [0, 0.1) is 17.3 Å². The number of methoxy groups -OCH3 is 1.